The number of amides is 1. The number of hydrogen-bond donors (Lipinski definition) is 1. The number of fused-ring (bicyclic) bond motifs is 2. The van der Waals surface area contributed by atoms with Crippen molar-refractivity contribution in [1.82, 2.24) is 5.32 Å². The van der Waals surface area contributed by atoms with Crippen molar-refractivity contribution in [3.05, 3.63) is 0 Å². The van der Waals surface area contributed by atoms with Crippen molar-refractivity contribution in [2.75, 3.05) is 0 Å². The summed E-state index contributed by atoms with van der Waals surface area (Å²) in [7, 11) is 0. The van der Waals surface area contributed by atoms with Gasteiger partial charge < -0.3 is 5.32 Å². The Labute approximate surface area is 118 Å². The average molecular weight is 314 g/mol. The summed E-state index contributed by atoms with van der Waals surface area (Å²) in [4.78, 5) is 12.9. The van der Waals surface area contributed by atoms with Crippen LogP contribution in [-0.4, -0.2) is 16.8 Å². The molecule has 3 heteroatoms. The third-order valence-electron chi connectivity index (χ3n) is 5.33. The zero-order valence-corrected chi connectivity index (χ0v) is 12.6. The van der Waals surface area contributed by atoms with Gasteiger partial charge in [-0.25, -0.2) is 0 Å². The van der Waals surface area contributed by atoms with Crippen LogP contribution in [0, 0.1) is 17.8 Å². The highest BCUT2D eigenvalue weighted by molar-refractivity contribution is 9.09. The van der Waals surface area contributed by atoms with Crippen LogP contribution in [0.1, 0.15) is 57.8 Å². The second-order valence-electron chi connectivity index (χ2n) is 6.55. The van der Waals surface area contributed by atoms with Gasteiger partial charge in [-0.05, 0) is 43.9 Å². The van der Waals surface area contributed by atoms with E-state index in [1.54, 1.807) is 0 Å². The molecule has 0 heterocycles. The molecule has 2 bridgehead atoms. The molecule has 0 spiro atoms. The number of rotatable bonds is 2. The standard InChI is InChI=1S/C15H24BrNO/c16-13-4-2-1-3-5-14(13)17-15(18)12-9-10-6-7-11(12)8-10/h10-14H,1-9H2,(H,17,18). The van der Waals surface area contributed by atoms with Gasteiger partial charge in [0.2, 0.25) is 5.91 Å². The lowest BCUT2D eigenvalue weighted by Crippen LogP contribution is -2.44. The number of carbonyl (C=O) groups excluding carboxylic acids is 1. The number of halogens is 1. The van der Waals surface area contributed by atoms with E-state index in [2.05, 4.69) is 21.2 Å². The first-order chi connectivity index (χ1) is 8.74. The van der Waals surface area contributed by atoms with E-state index in [4.69, 9.17) is 0 Å². The van der Waals surface area contributed by atoms with E-state index >= 15 is 0 Å². The van der Waals surface area contributed by atoms with Crippen molar-refractivity contribution in [2.24, 2.45) is 17.8 Å². The SMILES string of the molecule is O=C(NC1CCCCCC1Br)C1CC2CCC1C2. The third-order valence-corrected chi connectivity index (χ3v) is 6.43. The van der Waals surface area contributed by atoms with E-state index in [0.717, 1.165) is 18.8 Å². The number of hydrogen-bond acceptors (Lipinski definition) is 1. The molecular formula is C15H24BrNO. The summed E-state index contributed by atoms with van der Waals surface area (Å²) in [6, 6.07) is 0.374. The van der Waals surface area contributed by atoms with Crippen LogP contribution in [0.25, 0.3) is 0 Å². The Bertz CT molecular complexity index is 320. The van der Waals surface area contributed by atoms with Gasteiger partial charge in [-0.15, -0.1) is 0 Å². The molecule has 2 nitrogen and oxygen atoms in total. The van der Waals surface area contributed by atoms with Gasteiger partial charge in [-0.2, -0.15) is 0 Å². The van der Waals surface area contributed by atoms with Gasteiger partial charge in [0.05, 0.1) is 0 Å². The van der Waals surface area contributed by atoms with Crippen LogP contribution in [-0.2, 0) is 4.79 Å². The van der Waals surface area contributed by atoms with E-state index in [1.165, 1.54) is 44.9 Å². The lowest BCUT2D eigenvalue weighted by Gasteiger charge is -2.26. The van der Waals surface area contributed by atoms with E-state index < -0.39 is 0 Å². The quantitative estimate of drug-likeness (QED) is 0.612. The summed E-state index contributed by atoms with van der Waals surface area (Å²) in [6.45, 7) is 0. The van der Waals surface area contributed by atoms with Gasteiger partial charge in [-0.1, -0.05) is 41.6 Å². The smallest absolute Gasteiger partial charge is 0.223 e. The highest BCUT2D eigenvalue weighted by atomic mass is 79.9. The van der Waals surface area contributed by atoms with Gasteiger partial charge >= 0.3 is 0 Å². The summed E-state index contributed by atoms with van der Waals surface area (Å²) >= 11 is 3.77. The summed E-state index contributed by atoms with van der Waals surface area (Å²) in [6.07, 6.45) is 11.4. The first-order valence-corrected chi connectivity index (χ1v) is 8.60. The molecule has 3 aliphatic carbocycles. The molecule has 0 aliphatic heterocycles. The minimum atomic E-state index is 0.340. The Balaban J connectivity index is 1.56. The van der Waals surface area contributed by atoms with E-state index in [0.29, 0.717) is 28.6 Å². The minimum absolute atomic E-state index is 0.340. The van der Waals surface area contributed by atoms with Gasteiger partial charge in [0.15, 0.2) is 0 Å². The minimum Gasteiger partial charge on any atom is -0.352 e. The first kappa shape index (κ1) is 13.0. The molecule has 0 aromatic carbocycles. The van der Waals surface area contributed by atoms with E-state index in [1.807, 2.05) is 0 Å². The highest BCUT2D eigenvalue weighted by Crippen LogP contribution is 2.48. The second-order valence-corrected chi connectivity index (χ2v) is 7.73. The summed E-state index contributed by atoms with van der Waals surface area (Å²) in [5, 5.41) is 3.35. The Hall–Kier alpha value is -0.0500. The zero-order chi connectivity index (χ0) is 12.5. The molecule has 18 heavy (non-hydrogen) atoms. The topological polar surface area (TPSA) is 29.1 Å². The number of nitrogens with one attached hydrogen (secondary N) is 1. The van der Waals surface area contributed by atoms with Gasteiger partial charge in [0.25, 0.3) is 0 Å². The van der Waals surface area contributed by atoms with Gasteiger partial charge in [-0.3, -0.25) is 4.79 Å². The highest BCUT2D eigenvalue weighted by Gasteiger charge is 2.43. The average Bonchev–Trinajstić information content (AvgIpc) is 2.93. The largest absolute Gasteiger partial charge is 0.352 e. The van der Waals surface area contributed by atoms with Crippen molar-refractivity contribution in [3.8, 4) is 0 Å². The van der Waals surface area contributed by atoms with Crippen molar-refractivity contribution < 1.29 is 4.79 Å². The van der Waals surface area contributed by atoms with Crippen molar-refractivity contribution >= 4 is 21.8 Å². The van der Waals surface area contributed by atoms with Crippen LogP contribution < -0.4 is 5.32 Å². The number of alkyl halides is 1. The molecule has 5 atom stereocenters. The van der Waals surface area contributed by atoms with Crippen LogP contribution in [0.3, 0.4) is 0 Å². The monoisotopic (exact) mass is 313 g/mol. The van der Waals surface area contributed by atoms with Crippen molar-refractivity contribution in [3.63, 3.8) is 0 Å². The fourth-order valence-corrected chi connectivity index (χ4v) is 5.00. The molecule has 0 saturated heterocycles. The normalized spacial score (nSPS) is 43.7. The Morgan fingerprint density at radius 3 is 2.56 bits per heavy atom. The van der Waals surface area contributed by atoms with Crippen LogP contribution in [0.4, 0.5) is 0 Å². The van der Waals surface area contributed by atoms with Crippen LogP contribution in [0.5, 0.6) is 0 Å². The number of carbonyl (C=O) groups is 1. The van der Waals surface area contributed by atoms with Gasteiger partial charge in [0.1, 0.15) is 0 Å². The molecule has 0 aromatic heterocycles. The Morgan fingerprint density at radius 2 is 1.83 bits per heavy atom. The molecule has 0 aromatic rings. The van der Waals surface area contributed by atoms with Crippen molar-refractivity contribution in [1.29, 1.82) is 0 Å². The Morgan fingerprint density at radius 1 is 1.00 bits per heavy atom. The van der Waals surface area contributed by atoms with E-state index in [9.17, 15) is 4.79 Å². The second kappa shape index (κ2) is 5.52. The third kappa shape index (κ3) is 2.61. The molecule has 3 fully saturated rings. The summed E-state index contributed by atoms with van der Waals surface area (Å²) < 4.78 is 0. The van der Waals surface area contributed by atoms with Crippen LogP contribution in [0.15, 0.2) is 0 Å². The molecule has 3 saturated carbocycles. The molecule has 5 unspecified atom stereocenters. The fraction of sp³-hybridized carbons (Fsp3) is 0.933. The fourth-order valence-electron chi connectivity index (χ4n) is 4.28. The molecule has 3 rings (SSSR count). The lowest BCUT2D eigenvalue weighted by molar-refractivity contribution is -0.127. The van der Waals surface area contributed by atoms with Gasteiger partial charge in [0, 0.05) is 16.8 Å². The molecule has 1 N–H and O–H groups in total. The van der Waals surface area contributed by atoms with Crippen LogP contribution in [0.2, 0.25) is 0 Å². The Kier molecular flexibility index (Phi) is 3.97. The maximum Gasteiger partial charge on any atom is 0.223 e. The molecule has 0 radical (unpaired) electrons. The summed E-state index contributed by atoms with van der Waals surface area (Å²) in [5.74, 6) is 2.26. The molecule has 1 amide bonds. The molecule has 3 aliphatic rings. The molecule has 102 valence electrons. The summed E-state index contributed by atoms with van der Waals surface area (Å²) in [5.41, 5.74) is 0. The maximum absolute atomic E-state index is 12.4. The van der Waals surface area contributed by atoms with E-state index in [-0.39, 0.29) is 0 Å². The first-order valence-electron chi connectivity index (χ1n) is 7.68. The lowest BCUT2D eigenvalue weighted by atomic mass is 9.88. The predicted molar refractivity (Wildman–Crippen MR) is 76.7 cm³/mol. The molecular weight excluding hydrogens is 290 g/mol. The van der Waals surface area contributed by atoms with Crippen LogP contribution >= 0.6 is 15.9 Å². The maximum atomic E-state index is 12.4. The predicted octanol–water partition coefficient (Wildman–Crippen LogP) is 3.64. The van der Waals surface area contributed by atoms with Crippen molar-refractivity contribution in [2.45, 2.75) is 68.7 Å². The zero-order valence-electron chi connectivity index (χ0n) is 11.0.